The summed E-state index contributed by atoms with van der Waals surface area (Å²) in [5.41, 5.74) is 5.77. The average molecular weight is 229 g/mol. The van der Waals surface area contributed by atoms with E-state index in [9.17, 15) is 9.59 Å². The van der Waals surface area contributed by atoms with Crippen LogP contribution >= 0.6 is 0 Å². The first-order valence-electron chi connectivity index (χ1n) is 5.58. The summed E-state index contributed by atoms with van der Waals surface area (Å²) in [6.07, 6.45) is 2.11. The molecule has 0 aromatic rings. The summed E-state index contributed by atoms with van der Waals surface area (Å²) in [4.78, 5) is 25.9. The SMILES string of the molecule is CCCC(N)CC(=O)N(C)CC(=O)N(C)C. The van der Waals surface area contributed by atoms with Gasteiger partial charge in [0.25, 0.3) is 0 Å². The highest BCUT2D eigenvalue weighted by Crippen LogP contribution is 2.01. The molecule has 5 heteroatoms. The van der Waals surface area contributed by atoms with E-state index < -0.39 is 0 Å². The maximum Gasteiger partial charge on any atom is 0.241 e. The minimum atomic E-state index is -0.102. The second-order valence-corrected chi connectivity index (χ2v) is 4.29. The van der Waals surface area contributed by atoms with Gasteiger partial charge in [0, 0.05) is 33.6 Å². The summed E-state index contributed by atoms with van der Waals surface area (Å²) < 4.78 is 0. The zero-order valence-electron chi connectivity index (χ0n) is 10.7. The summed E-state index contributed by atoms with van der Waals surface area (Å²) in [7, 11) is 4.97. The average Bonchev–Trinajstić information content (AvgIpc) is 2.17. The minimum absolute atomic E-state index is 0.0730. The molecule has 0 fully saturated rings. The number of likely N-dealkylation sites (N-methyl/N-ethyl adjacent to an activating group) is 2. The number of nitrogens with two attached hydrogens (primary N) is 1. The maximum absolute atomic E-state index is 11.7. The number of hydrogen-bond acceptors (Lipinski definition) is 3. The number of rotatable bonds is 6. The number of amides is 2. The Morgan fingerprint density at radius 1 is 1.19 bits per heavy atom. The van der Waals surface area contributed by atoms with Crippen LogP contribution < -0.4 is 5.73 Å². The molecule has 0 aliphatic rings. The Balaban J connectivity index is 4.04. The topological polar surface area (TPSA) is 66.6 Å². The van der Waals surface area contributed by atoms with Crippen LogP contribution in [0.15, 0.2) is 0 Å². The van der Waals surface area contributed by atoms with E-state index in [1.54, 1.807) is 21.1 Å². The van der Waals surface area contributed by atoms with Crippen molar-refractivity contribution in [1.82, 2.24) is 9.80 Å². The molecule has 94 valence electrons. The lowest BCUT2D eigenvalue weighted by Gasteiger charge is -2.20. The first-order valence-corrected chi connectivity index (χ1v) is 5.58. The molecule has 0 radical (unpaired) electrons. The molecule has 0 saturated carbocycles. The molecule has 0 spiro atoms. The van der Waals surface area contributed by atoms with Crippen molar-refractivity contribution in [1.29, 1.82) is 0 Å². The molecule has 1 unspecified atom stereocenters. The molecule has 0 bridgehead atoms. The van der Waals surface area contributed by atoms with Crippen molar-refractivity contribution in [3.8, 4) is 0 Å². The molecule has 0 aliphatic heterocycles. The van der Waals surface area contributed by atoms with Crippen molar-refractivity contribution in [3.63, 3.8) is 0 Å². The van der Waals surface area contributed by atoms with Gasteiger partial charge in [0.2, 0.25) is 11.8 Å². The predicted octanol–water partition coefficient (Wildman–Crippen LogP) is 0.0505. The van der Waals surface area contributed by atoms with Gasteiger partial charge in [-0.25, -0.2) is 0 Å². The number of nitrogens with zero attached hydrogens (tertiary/aromatic N) is 2. The minimum Gasteiger partial charge on any atom is -0.347 e. The molecule has 1 atom stereocenters. The molecular weight excluding hydrogens is 206 g/mol. The van der Waals surface area contributed by atoms with Gasteiger partial charge >= 0.3 is 0 Å². The van der Waals surface area contributed by atoms with Gasteiger partial charge in [0.05, 0.1) is 6.54 Å². The van der Waals surface area contributed by atoms with E-state index in [0.717, 1.165) is 12.8 Å². The third kappa shape index (κ3) is 5.70. The predicted molar refractivity (Wildman–Crippen MR) is 63.8 cm³/mol. The maximum atomic E-state index is 11.7. The highest BCUT2D eigenvalue weighted by atomic mass is 16.2. The Labute approximate surface area is 97.6 Å². The van der Waals surface area contributed by atoms with Gasteiger partial charge < -0.3 is 15.5 Å². The second-order valence-electron chi connectivity index (χ2n) is 4.29. The van der Waals surface area contributed by atoms with Crippen LogP contribution in [0, 0.1) is 0 Å². The highest BCUT2D eigenvalue weighted by molar-refractivity contribution is 5.84. The standard InChI is InChI=1S/C11H23N3O2/c1-5-6-9(12)7-10(15)14(4)8-11(16)13(2)3/h9H,5-8,12H2,1-4H3. The Morgan fingerprint density at radius 2 is 1.75 bits per heavy atom. The van der Waals surface area contributed by atoms with Gasteiger partial charge in [-0.15, -0.1) is 0 Å². The highest BCUT2D eigenvalue weighted by Gasteiger charge is 2.16. The number of carbonyl (C=O) groups is 2. The van der Waals surface area contributed by atoms with E-state index >= 15 is 0 Å². The molecule has 0 saturated heterocycles. The van der Waals surface area contributed by atoms with Crippen LogP contribution in [0.3, 0.4) is 0 Å². The van der Waals surface area contributed by atoms with E-state index in [2.05, 4.69) is 0 Å². The van der Waals surface area contributed by atoms with Gasteiger partial charge in [0.1, 0.15) is 0 Å². The van der Waals surface area contributed by atoms with Crippen LogP contribution in [0.2, 0.25) is 0 Å². The summed E-state index contributed by atoms with van der Waals surface area (Å²) >= 11 is 0. The van der Waals surface area contributed by atoms with Crippen molar-refractivity contribution in [2.24, 2.45) is 5.73 Å². The molecule has 0 heterocycles. The fraction of sp³-hybridized carbons (Fsp3) is 0.818. The lowest BCUT2D eigenvalue weighted by molar-refractivity contribution is -0.138. The summed E-state index contributed by atoms with van der Waals surface area (Å²) in [5.74, 6) is -0.156. The van der Waals surface area contributed by atoms with Crippen molar-refractivity contribution in [2.75, 3.05) is 27.7 Å². The van der Waals surface area contributed by atoms with E-state index in [1.165, 1.54) is 9.80 Å². The van der Waals surface area contributed by atoms with Crippen LogP contribution in [0.5, 0.6) is 0 Å². The number of carbonyl (C=O) groups excluding carboxylic acids is 2. The lowest BCUT2D eigenvalue weighted by Crippen LogP contribution is -2.40. The Morgan fingerprint density at radius 3 is 2.19 bits per heavy atom. The van der Waals surface area contributed by atoms with Crippen molar-refractivity contribution in [3.05, 3.63) is 0 Å². The summed E-state index contributed by atoms with van der Waals surface area (Å²) in [5, 5.41) is 0. The first-order chi connectivity index (χ1) is 7.38. The van der Waals surface area contributed by atoms with Crippen LogP contribution in [0.1, 0.15) is 26.2 Å². The molecule has 0 aromatic heterocycles. The van der Waals surface area contributed by atoms with E-state index in [-0.39, 0.29) is 24.4 Å². The fourth-order valence-electron chi connectivity index (χ4n) is 1.29. The molecule has 0 aromatic carbocycles. The first kappa shape index (κ1) is 14.9. The van der Waals surface area contributed by atoms with Crippen molar-refractivity contribution < 1.29 is 9.59 Å². The fourth-order valence-corrected chi connectivity index (χ4v) is 1.29. The molecule has 2 N–H and O–H groups in total. The van der Waals surface area contributed by atoms with Crippen LogP contribution in [0.4, 0.5) is 0 Å². The van der Waals surface area contributed by atoms with E-state index in [4.69, 9.17) is 5.73 Å². The lowest BCUT2D eigenvalue weighted by atomic mass is 10.1. The van der Waals surface area contributed by atoms with Crippen LogP contribution in [-0.4, -0.2) is 55.3 Å². The summed E-state index contributed by atoms with van der Waals surface area (Å²) in [6, 6.07) is -0.102. The van der Waals surface area contributed by atoms with Gasteiger partial charge in [-0.2, -0.15) is 0 Å². The van der Waals surface area contributed by atoms with Crippen LogP contribution in [0.25, 0.3) is 0 Å². The largest absolute Gasteiger partial charge is 0.347 e. The van der Waals surface area contributed by atoms with Gasteiger partial charge in [0.15, 0.2) is 0 Å². The third-order valence-electron chi connectivity index (χ3n) is 2.39. The third-order valence-corrected chi connectivity index (χ3v) is 2.39. The van der Waals surface area contributed by atoms with Gasteiger partial charge in [-0.3, -0.25) is 9.59 Å². The van der Waals surface area contributed by atoms with Crippen molar-refractivity contribution in [2.45, 2.75) is 32.2 Å². The van der Waals surface area contributed by atoms with Crippen LogP contribution in [-0.2, 0) is 9.59 Å². The zero-order chi connectivity index (χ0) is 12.7. The normalized spacial score (nSPS) is 12.1. The second kappa shape index (κ2) is 7.22. The van der Waals surface area contributed by atoms with Gasteiger partial charge in [-0.1, -0.05) is 13.3 Å². The van der Waals surface area contributed by atoms with E-state index in [1.807, 2.05) is 6.92 Å². The molecule has 0 aliphatic carbocycles. The Hall–Kier alpha value is -1.10. The van der Waals surface area contributed by atoms with Crippen molar-refractivity contribution >= 4 is 11.8 Å². The monoisotopic (exact) mass is 229 g/mol. The Kier molecular flexibility index (Phi) is 6.72. The Bertz CT molecular complexity index is 241. The van der Waals surface area contributed by atoms with E-state index in [0.29, 0.717) is 6.42 Å². The molecule has 5 nitrogen and oxygen atoms in total. The smallest absolute Gasteiger partial charge is 0.241 e. The zero-order valence-corrected chi connectivity index (χ0v) is 10.7. The summed E-state index contributed by atoms with van der Waals surface area (Å²) in [6.45, 7) is 2.15. The molecular formula is C11H23N3O2. The van der Waals surface area contributed by atoms with Gasteiger partial charge in [-0.05, 0) is 6.42 Å². The number of hydrogen-bond donors (Lipinski definition) is 1. The quantitative estimate of drug-likeness (QED) is 0.700. The molecule has 16 heavy (non-hydrogen) atoms. The molecule has 2 amide bonds. The molecule has 0 rings (SSSR count).